The maximum Gasteiger partial charge on any atom is 0.326 e. The van der Waals surface area contributed by atoms with Crippen molar-refractivity contribution in [3.05, 3.63) is 35.9 Å². The number of benzene rings is 1. The molecule has 0 fully saturated rings. The number of nitrogens with one attached hydrogen (secondary N) is 10. The largest absolute Gasteiger partial charge is 0.481 e. The Morgan fingerprint density at radius 2 is 0.706 bits per heavy atom. The molecule has 1 aromatic rings. The molecule has 474 valence electrons. The molecule has 0 aliphatic carbocycles. The number of aliphatic hydroxyl groups is 1. The first-order valence-electron chi connectivity index (χ1n) is 27.2. The van der Waals surface area contributed by atoms with Crippen LogP contribution in [0.4, 0.5) is 0 Å². The van der Waals surface area contributed by atoms with Gasteiger partial charge in [-0.05, 0) is 83.6 Å². The van der Waals surface area contributed by atoms with Gasteiger partial charge >= 0.3 is 29.8 Å². The molecule has 85 heavy (non-hydrogen) atoms. The van der Waals surface area contributed by atoms with E-state index in [1.165, 1.54) is 34.6 Å². The monoisotopic (exact) mass is 1210 g/mol. The van der Waals surface area contributed by atoms with Crippen molar-refractivity contribution in [2.75, 3.05) is 0 Å². The van der Waals surface area contributed by atoms with E-state index in [0.717, 1.165) is 6.92 Å². The topological polar surface area (TPSA) is 524 Å². The number of hydrogen-bond acceptors (Lipinski definition) is 17. The van der Waals surface area contributed by atoms with Gasteiger partial charge in [0.1, 0.15) is 60.4 Å². The molecule has 10 amide bonds. The zero-order valence-electron chi connectivity index (χ0n) is 48.4. The SMILES string of the molecule is CC(C)C[C@H](NC(=O)[C@H](C)NC(=O)[C@H](CCC(=O)O)NC(=O)[C@H](CCC(=O)O)NC(=O)[C@@H](N)Cc1ccccc1)C(=O)N[C@H](C(=O)N[C@@H](C)C(=O)N[C@H](C(=O)N[C@@H](C)C(=O)N[C@@H](CCC(=O)O)C(=O)N[C@@H](CCC(=O)O)C(=O)O)C(C)C)[C@@H](C)O. The maximum absolute atomic E-state index is 13.8. The third kappa shape index (κ3) is 28.4. The van der Waals surface area contributed by atoms with Gasteiger partial charge in [-0.1, -0.05) is 58.0 Å². The Hall–Kier alpha value is -8.81. The van der Waals surface area contributed by atoms with Crippen molar-refractivity contribution in [1.29, 1.82) is 0 Å². The minimum absolute atomic E-state index is 0.0430. The molecule has 0 bridgehead atoms. The molecule has 0 spiro atoms. The number of amides is 10. The highest BCUT2D eigenvalue weighted by molar-refractivity contribution is 5.99. The highest BCUT2D eigenvalue weighted by Gasteiger charge is 2.36. The molecule has 1 rings (SSSR count). The number of carbonyl (C=O) groups is 15. The summed E-state index contributed by atoms with van der Waals surface area (Å²) in [5.41, 5.74) is 6.75. The molecule has 0 radical (unpaired) electrons. The first-order valence-corrected chi connectivity index (χ1v) is 27.2. The molecule has 0 saturated carbocycles. The van der Waals surface area contributed by atoms with Crippen LogP contribution in [0.1, 0.15) is 119 Å². The average Bonchev–Trinajstić information content (AvgIpc) is 3.42. The predicted molar refractivity (Wildman–Crippen MR) is 296 cm³/mol. The third-order valence-corrected chi connectivity index (χ3v) is 12.6. The summed E-state index contributed by atoms with van der Waals surface area (Å²) >= 11 is 0. The number of hydrogen-bond donors (Lipinski definition) is 17. The molecule has 0 saturated heterocycles. The zero-order valence-corrected chi connectivity index (χ0v) is 48.4. The summed E-state index contributed by atoms with van der Waals surface area (Å²) < 4.78 is 0. The fraction of sp³-hybridized carbons (Fsp3) is 0.604. The average molecular weight is 1210 g/mol. The van der Waals surface area contributed by atoms with Gasteiger partial charge in [0.25, 0.3) is 0 Å². The second-order valence-electron chi connectivity index (χ2n) is 20.9. The van der Waals surface area contributed by atoms with Crippen LogP contribution in [0.3, 0.4) is 0 Å². The lowest BCUT2D eigenvalue weighted by Gasteiger charge is -2.28. The van der Waals surface area contributed by atoms with Gasteiger partial charge in [0.05, 0.1) is 12.1 Å². The molecule has 1 aromatic carbocycles. The molecule has 12 atom stereocenters. The molecule has 18 N–H and O–H groups in total. The Bertz CT molecular complexity index is 2550. The first-order chi connectivity index (χ1) is 39.5. The molecule has 32 heteroatoms. The van der Waals surface area contributed by atoms with E-state index in [9.17, 15) is 97.5 Å². The van der Waals surface area contributed by atoms with Gasteiger partial charge in [-0.25, -0.2) is 4.79 Å². The first kappa shape index (κ1) is 74.2. The van der Waals surface area contributed by atoms with Crippen molar-refractivity contribution >= 4 is 88.9 Å². The normalized spacial score (nSPS) is 15.3. The summed E-state index contributed by atoms with van der Waals surface area (Å²) in [6, 6.07) is -8.38. The molecule has 0 heterocycles. The Kier molecular flexibility index (Phi) is 32.0. The number of aliphatic carboxylic acids is 5. The summed E-state index contributed by atoms with van der Waals surface area (Å²) in [5.74, 6) is -18.4. The summed E-state index contributed by atoms with van der Waals surface area (Å²) in [7, 11) is 0. The van der Waals surface area contributed by atoms with Crippen LogP contribution >= 0.6 is 0 Å². The van der Waals surface area contributed by atoms with Crippen LogP contribution in [-0.2, 0) is 78.3 Å². The van der Waals surface area contributed by atoms with E-state index in [2.05, 4.69) is 53.2 Å². The van der Waals surface area contributed by atoms with E-state index in [4.69, 9.17) is 10.8 Å². The van der Waals surface area contributed by atoms with E-state index in [0.29, 0.717) is 5.56 Å². The second-order valence-corrected chi connectivity index (χ2v) is 20.9. The molecule has 0 aliphatic rings. The highest BCUT2D eigenvalue weighted by atomic mass is 16.4. The number of carboxylic acid groups (broad SMARTS) is 5. The van der Waals surface area contributed by atoms with Crippen LogP contribution in [-0.4, -0.2) is 192 Å². The fourth-order valence-corrected chi connectivity index (χ4v) is 7.80. The van der Waals surface area contributed by atoms with Gasteiger partial charge in [0, 0.05) is 25.7 Å². The van der Waals surface area contributed by atoms with Crippen molar-refractivity contribution in [3.63, 3.8) is 0 Å². The van der Waals surface area contributed by atoms with E-state index in [-0.39, 0.29) is 18.8 Å². The number of aliphatic hydroxyl groups excluding tert-OH is 1. The van der Waals surface area contributed by atoms with E-state index < -0.39 is 219 Å². The number of rotatable bonds is 39. The Balaban J connectivity index is 3.17. The molecular weight excluding hydrogens is 1130 g/mol. The molecule has 0 aromatic heterocycles. The Morgan fingerprint density at radius 1 is 0.388 bits per heavy atom. The van der Waals surface area contributed by atoms with Gasteiger partial charge < -0.3 is 89.5 Å². The lowest BCUT2D eigenvalue weighted by Crippen LogP contribution is -2.62. The standard InChI is InChI=1S/C53H81N11O21/c1-24(2)22-36(62-44(75)26(5)55-47(78)32(14-18-37(66)67)60-48(79)34(16-20-39(70)71)59-46(77)31(54)23-30-12-10-9-11-13-30)50(81)64-42(29(8)65)52(83)57-28(7)45(76)63-41(25(3)4)51(82)56-27(6)43(74)58-33(15-19-38(68)69)49(80)61-35(53(84)85)17-21-40(72)73/h9-13,24-29,31-36,41-42,65H,14-23,54H2,1-8H3,(H,55,78)(H,56,82)(H,57,83)(H,58,74)(H,59,77)(H,60,79)(H,61,80)(H,62,75)(H,63,76)(H,64,81)(H,66,67)(H,68,69)(H,70,71)(H,72,73)(H,84,85)/t26-,27-,28-,29+,31-,32-,33-,34-,35-,36-,41-,42-/m0/s1. The summed E-state index contributed by atoms with van der Waals surface area (Å²) in [4.78, 5) is 192. The minimum atomic E-state index is -1.79. The summed E-state index contributed by atoms with van der Waals surface area (Å²) in [6.07, 6.45) is -6.44. The van der Waals surface area contributed by atoms with Gasteiger partial charge in [-0.2, -0.15) is 0 Å². The minimum Gasteiger partial charge on any atom is -0.481 e. The van der Waals surface area contributed by atoms with E-state index in [1.54, 1.807) is 44.2 Å². The zero-order chi connectivity index (χ0) is 65.0. The smallest absolute Gasteiger partial charge is 0.326 e. The number of carboxylic acids is 5. The summed E-state index contributed by atoms with van der Waals surface area (Å²) in [6.45, 7) is 11.0. The third-order valence-electron chi connectivity index (χ3n) is 12.6. The number of carbonyl (C=O) groups excluding carboxylic acids is 10. The number of nitrogens with two attached hydrogens (primary N) is 1. The molecular formula is C53H81N11O21. The quantitative estimate of drug-likeness (QED) is 0.0299. The van der Waals surface area contributed by atoms with E-state index >= 15 is 0 Å². The van der Waals surface area contributed by atoms with Gasteiger partial charge in [-0.3, -0.25) is 67.1 Å². The Morgan fingerprint density at radius 3 is 1.09 bits per heavy atom. The lowest BCUT2D eigenvalue weighted by atomic mass is 10.0. The fourth-order valence-electron chi connectivity index (χ4n) is 7.80. The van der Waals surface area contributed by atoms with Crippen molar-refractivity contribution in [3.8, 4) is 0 Å². The lowest BCUT2D eigenvalue weighted by molar-refractivity contribution is -0.144. The van der Waals surface area contributed by atoms with Crippen LogP contribution in [0.2, 0.25) is 0 Å². The van der Waals surface area contributed by atoms with E-state index in [1.807, 2.05) is 0 Å². The highest BCUT2D eigenvalue weighted by Crippen LogP contribution is 2.11. The van der Waals surface area contributed by atoms with Gasteiger partial charge in [0.15, 0.2) is 0 Å². The van der Waals surface area contributed by atoms with Crippen LogP contribution in [0.5, 0.6) is 0 Å². The predicted octanol–water partition coefficient (Wildman–Crippen LogP) is -3.91. The van der Waals surface area contributed by atoms with Crippen LogP contribution in [0.15, 0.2) is 30.3 Å². The van der Waals surface area contributed by atoms with Crippen LogP contribution in [0.25, 0.3) is 0 Å². The van der Waals surface area contributed by atoms with Crippen LogP contribution in [0, 0.1) is 11.8 Å². The Labute approximate surface area is 489 Å². The van der Waals surface area contributed by atoms with Gasteiger partial charge in [0.2, 0.25) is 59.1 Å². The molecule has 0 unspecified atom stereocenters. The maximum atomic E-state index is 13.8. The van der Waals surface area contributed by atoms with Crippen molar-refractivity contribution in [2.24, 2.45) is 17.6 Å². The summed E-state index contributed by atoms with van der Waals surface area (Å²) in [5, 5.41) is 80.2. The van der Waals surface area contributed by atoms with Crippen molar-refractivity contribution in [2.45, 2.75) is 192 Å². The van der Waals surface area contributed by atoms with Crippen LogP contribution < -0.4 is 58.9 Å². The van der Waals surface area contributed by atoms with Gasteiger partial charge in [-0.15, -0.1) is 0 Å². The van der Waals surface area contributed by atoms with Crippen molar-refractivity contribution < 1.29 is 103 Å². The second kappa shape index (κ2) is 36.7. The molecule has 32 nitrogen and oxygen atoms in total. The van der Waals surface area contributed by atoms with Crippen molar-refractivity contribution in [1.82, 2.24) is 53.2 Å². The molecule has 0 aliphatic heterocycles.